The molecule has 0 spiro atoms. The molecule has 3 rings (SSSR count). The molecule has 1 aromatic heterocycles. The van der Waals surface area contributed by atoms with Crippen LogP contribution in [0, 0.1) is 0 Å². The molecule has 1 aromatic carbocycles. The summed E-state index contributed by atoms with van der Waals surface area (Å²) < 4.78 is 39.2. The van der Waals surface area contributed by atoms with E-state index in [2.05, 4.69) is 15.2 Å². The van der Waals surface area contributed by atoms with Crippen LogP contribution in [0.25, 0.3) is 0 Å². The Morgan fingerprint density at radius 1 is 1.32 bits per heavy atom. The number of hydrogen-bond donors (Lipinski definition) is 1. The van der Waals surface area contributed by atoms with Crippen LogP contribution >= 0.6 is 11.3 Å². The van der Waals surface area contributed by atoms with Gasteiger partial charge in [0.05, 0.1) is 11.1 Å². The van der Waals surface area contributed by atoms with E-state index in [-0.39, 0.29) is 22.8 Å². The summed E-state index contributed by atoms with van der Waals surface area (Å²) in [6.45, 7) is 1.67. The second-order valence-electron chi connectivity index (χ2n) is 6.66. The second kappa shape index (κ2) is 7.88. The Bertz CT molecular complexity index is 884. The van der Waals surface area contributed by atoms with Gasteiger partial charge in [-0.05, 0) is 32.1 Å². The van der Waals surface area contributed by atoms with E-state index >= 15 is 0 Å². The number of rotatable bonds is 4. The Hall–Kier alpha value is -2.46. The summed E-state index contributed by atoms with van der Waals surface area (Å²) in [5, 5.41) is 3.91. The van der Waals surface area contributed by atoms with E-state index in [1.54, 1.807) is 11.9 Å². The minimum atomic E-state index is -4.64. The van der Waals surface area contributed by atoms with E-state index in [0.29, 0.717) is 0 Å². The monoisotopic (exact) mass is 412 g/mol. The van der Waals surface area contributed by atoms with Crippen LogP contribution in [0.4, 0.5) is 18.3 Å². The predicted molar refractivity (Wildman–Crippen MR) is 99.5 cm³/mol. The van der Waals surface area contributed by atoms with Crippen LogP contribution in [0.15, 0.2) is 29.6 Å². The molecule has 1 aliphatic rings. The Balaban J connectivity index is 1.71. The molecule has 0 aliphatic carbocycles. The number of likely N-dealkylation sites (tertiary alicyclic amines) is 1. The Kier molecular flexibility index (Phi) is 5.71. The molecule has 6 nitrogen and oxygen atoms in total. The number of hydrogen-bond acceptors (Lipinski definition) is 5. The maximum Gasteiger partial charge on any atom is 0.417 e. The number of nitrogens with one attached hydrogen (secondary N) is 1. The van der Waals surface area contributed by atoms with Crippen molar-refractivity contribution < 1.29 is 22.8 Å². The number of anilines is 1. The molecule has 1 fully saturated rings. The van der Waals surface area contributed by atoms with Crippen LogP contribution in [0.5, 0.6) is 0 Å². The van der Waals surface area contributed by atoms with Crippen molar-refractivity contribution in [3.05, 3.63) is 46.5 Å². The summed E-state index contributed by atoms with van der Waals surface area (Å²) in [7, 11) is 3.68. The highest BCUT2D eigenvalue weighted by Gasteiger charge is 2.35. The van der Waals surface area contributed by atoms with Crippen molar-refractivity contribution in [2.75, 3.05) is 32.5 Å². The van der Waals surface area contributed by atoms with E-state index in [1.165, 1.54) is 17.5 Å². The minimum Gasteiger partial charge on any atom is -0.336 e. The molecular formula is C18H19F3N4O2S. The third-order valence-electron chi connectivity index (χ3n) is 4.66. The first kappa shape index (κ1) is 20.3. The lowest BCUT2D eigenvalue weighted by Crippen LogP contribution is -2.38. The molecule has 1 N–H and O–H groups in total. The lowest BCUT2D eigenvalue weighted by atomic mass is 10.1. The number of carbonyl (C=O) groups is 2. The number of amides is 2. The van der Waals surface area contributed by atoms with E-state index < -0.39 is 23.2 Å². The number of benzene rings is 1. The van der Waals surface area contributed by atoms with Gasteiger partial charge in [0.1, 0.15) is 5.69 Å². The van der Waals surface area contributed by atoms with Crippen molar-refractivity contribution in [2.45, 2.75) is 18.6 Å². The zero-order valence-corrected chi connectivity index (χ0v) is 16.1. The highest BCUT2D eigenvalue weighted by molar-refractivity contribution is 7.14. The average Bonchev–Trinajstić information content (AvgIpc) is 3.29. The molecule has 2 aromatic rings. The topological polar surface area (TPSA) is 65.5 Å². The van der Waals surface area contributed by atoms with Gasteiger partial charge in [-0.3, -0.25) is 14.9 Å². The third-order valence-corrected chi connectivity index (χ3v) is 5.41. The molecule has 1 saturated heterocycles. The van der Waals surface area contributed by atoms with Crippen molar-refractivity contribution >= 4 is 28.3 Å². The van der Waals surface area contributed by atoms with Crippen LogP contribution in [0.2, 0.25) is 0 Å². The number of aromatic nitrogens is 1. The van der Waals surface area contributed by atoms with Gasteiger partial charge < -0.3 is 9.80 Å². The van der Waals surface area contributed by atoms with Gasteiger partial charge >= 0.3 is 6.18 Å². The fraction of sp³-hybridized carbons (Fsp3) is 0.389. The number of nitrogens with zero attached hydrogens (tertiary/aromatic N) is 3. The van der Waals surface area contributed by atoms with Gasteiger partial charge in [0.2, 0.25) is 0 Å². The zero-order chi connectivity index (χ0) is 20.5. The Labute approximate surface area is 164 Å². The van der Waals surface area contributed by atoms with Gasteiger partial charge in [0, 0.05) is 25.0 Å². The lowest BCUT2D eigenvalue weighted by Gasteiger charge is -2.23. The van der Waals surface area contributed by atoms with Crippen LogP contribution in [-0.4, -0.2) is 59.8 Å². The number of likely N-dealkylation sites (N-methyl/N-ethyl adjacent to an activating group) is 2. The van der Waals surface area contributed by atoms with Crippen LogP contribution < -0.4 is 5.32 Å². The highest BCUT2D eigenvalue weighted by atomic mass is 32.1. The summed E-state index contributed by atoms with van der Waals surface area (Å²) >= 11 is 0.992. The molecule has 1 unspecified atom stereocenters. The molecule has 10 heteroatoms. The SMILES string of the molecule is CN1CCC(N(C)C(=O)c2csc(NC(=O)c3ccccc3C(F)(F)F)n2)C1. The van der Waals surface area contributed by atoms with Crippen LogP contribution in [0.1, 0.15) is 32.8 Å². The van der Waals surface area contributed by atoms with Gasteiger partial charge in [0.25, 0.3) is 11.8 Å². The summed E-state index contributed by atoms with van der Waals surface area (Å²) in [4.78, 5) is 32.7. The van der Waals surface area contributed by atoms with Gasteiger partial charge in [-0.25, -0.2) is 4.98 Å². The maximum atomic E-state index is 13.1. The predicted octanol–water partition coefficient (Wildman–Crippen LogP) is 3.19. The smallest absolute Gasteiger partial charge is 0.336 e. The van der Waals surface area contributed by atoms with Gasteiger partial charge in [0.15, 0.2) is 5.13 Å². The summed E-state index contributed by atoms with van der Waals surface area (Å²) in [5.74, 6) is -1.21. The zero-order valence-electron chi connectivity index (χ0n) is 15.3. The fourth-order valence-corrected chi connectivity index (χ4v) is 3.78. The first-order valence-electron chi connectivity index (χ1n) is 8.55. The van der Waals surface area contributed by atoms with Crippen molar-refractivity contribution in [1.29, 1.82) is 0 Å². The van der Waals surface area contributed by atoms with E-state index in [1.807, 2.05) is 7.05 Å². The Morgan fingerprint density at radius 2 is 2.04 bits per heavy atom. The van der Waals surface area contributed by atoms with E-state index in [9.17, 15) is 22.8 Å². The number of alkyl halides is 3. The molecule has 150 valence electrons. The van der Waals surface area contributed by atoms with Crippen LogP contribution in [-0.2, 0) is 6.18 Å². The minimum absolute atomic E-state index is 0.0715. The molecule has 1 atom stereocenters. The quantitative estimate of drug-likeness (QED) is 0.838. The van der Waals surface area contributed by atoms with Crippen molar-refractivity contribution in [3.63, 3.8) is 0 Å². The van der Waals surface area contributed by atoms with E-state index in [0.717, 1.165) is 43.0 Å². The largest absolute Gasteiger partial charge is 0.417 e. The summed E-state index contributed by atoms with van der Waals surface area (Å²) in [6, 6.07) is 4.60. The lowest BCUT2D eigenvalue weighted by molar-refractivity contribution is -0.137. The number of halogens is 3. The summed E-state index contributed by atoms with van der Waals surface area (Å²) in [5.41, 5.74) is -1.36. The van der Waals surface area contributed by atoms with Gasteiger partial charge in [-0.1, -0.05) is 12.1 Å². The molecule has 2 heterocycles. The first-order valence-corrected chi connectivity index (χ1v) is 9.43. The highest BCUT2D eigenvalue weighted by Crippen LogP contribution is 2.32. The first-order chi connectivity index (χ1) is 13.2. The molecule has 0 bridgehead atoms. The molecule has 1 aliphatic heterocycles. The van der Waals surface area contributed by atoms with E-state index in [4.69, 9.17) is 0 Å². The maximum absolute atomic E-state index is 13.1. The summed E-state index contributed by atoms with van der Waals surface area (Å²) in [6.07, 6.45) is -3.78. The average molecular weight is 412 g/mol. The number of thiazole rings is 1. The van der Waals surface area contributed by atoms with Gasteiger partial charge in [-0.15, -0.1) is 11.3 Å². The molecule has 2 amide bonds. The molecule has 28 heavy (non-hydrogen) atoms. The van der Waals surface area contributed by atoms with Crippen LogP contribution in [0.3, 0.4) is 0 Å². The van der Waals surface area contributed by atoms with Crippen molar-refractivity contribution in [1.82, 2.24) is 14.8 Å². The second-order valence-corrected chi connectivity index (χ2v) is 7.51. The van der Waals surface area contributed by atoms with Crippen molar-refractivity contribution in [2.24, 2.45) is 0 Å². The fourth-order valence-electron chi connectivity index (χ4n) is 3.10. The van der Waals surface area contributed by atoms with Gasteiger partial charge in [-0.2, -0.15) is 13.2 Å². The third kappa shape index (κ3) is 4.33. The normalized spacial score (nSPS) is 17.5. The Morgan fingerprint density at radius 3 is 2.68 bits per heavy atom. The number of carbonyl (C=O) groups excluding carboxylic acids is 2. The molecule has 0 radical (unpaired) electrons. The van der Waals surface area contributed by atoms with Crippen molar-refractivity contribution in [3.8, 4) is 0 Å². The standard InChI is InChI=1S/C18H19F3N4O2S/c1-24-8-7-11(9-24)25(2)16(27)14-10-28-17(22-14)23-15(26)12-5-3-4-6-13(12)18(19,20)21/h3-6,10-11H,7-9H2,1-2H3,(H,22,23,26). The molecule has 0 saturated carbocycles. The molecular weight excluding hydrogens is 393 g/mol.